The van der Waals surface area contributed by atoms with Crippen LogP contribution in [0.5, 0.6) is 0 Å². The van der Waals surface area contributed by atoms with Crippen LogP contribution in [0.4, 0.5) is 0 Å². The molecule has 11 heavy (non-hydrogen) atoms. The minimum absolute atomic E-state index is 0.0754. The van der Waals surface area contributed by atoms with E-state index in [9.17, 15) is 4.79 Å². The number of carbonyl (C=O) groups is 1. The molecular weight excluding hydrogens is 164 g/mol. The lowest BCUT2D eigenvalue weighted by Gasteiger charge is -2.22. The van der Waals surface area contributed by atoms with Crippen LogP contribution in [0.1, 0.15) is 25.7 Å². The van der Waals surface area contributed by atoms with Crippen molar-refractivity contribution in [2.24, 2.45) is 5.92 Å². The standard InChI is InChI=1S/C8H13ClO2/c1-11-8(10)6-2-4-7(9)5-3-6/h6-7H,2-5H2,1H3. The Balaban J connectivity index is 2.33. The van der Waals surface area contributed by atoms with E-state index >= 15 is 0 Å². The number of esters is 1. The largest absolute Gasteiger partial charge is 0.469 e. The molecule has 3 heteroatoms. The maximum Gasteiger partial charge on any atom is 0.308 e. The average Bonchev–Trinajstić information content (AvgIpc) is 2.05. The third-order valence-corrected chi connectivity index (χ3v) is 2.63. The van der Waals surface area contributed by atoms with Crippen molar-refractivity contribution < 1.29 is 9.53 Å². The predicted molar refractivity (Wildman–Crippen MR) is 43.6 cm³/mol. The zero-order chi connectivity index (χ0) is 8.27. The predicted octanol–water partition coefficient (Wildman–Crippen LogP) is 1.96. The fourth-order valence-electron chi connectivity index (χ4n) is 1.46. The Bertz CT molecular complexity index is 139. The summed E-state index contributed by atoms with van der Waals surface area (Å²) in [5.74, 6) is 0.0311. The first-order valence-corrected chi connectivity index (χ1v) is 4.39. The highest BCUT2D eigenvalue weighted by atomic mass is 35.5. The number of alkyl halides is 1. The highest BCUT2D eigenvalue weighted by molar-refractivity contribution is 6.20. The molecule has 0 saturated heterocycles. The lowest BCUT2D eigenvalue weighted by atomic mass is 9.89. The molecule has 0 atom stereocenters. The van der Waals surface area contributed by atoms with Gasteiger partial charge in [0.2, 0.25) is 0 Å². The van der Waals surface area contributed by atoms with E-state index in [0.717, 1.165) is 25.7 Å². The van der Waals surface area contributed by atoms with Crippen LogP contribution in [0, 0.1) is 5.92 Å². The van der Waals surface area contributed by atoms with Crippen LogP contribution in [-0.4, -0.2) is 18.5 Å². The first kappa shape index (κ1) is 8.85. The van der Waals surface area contributed by atoms with Crippen molar-refractivity contribution in [1.29, 1.82) is 0 Å². The molecule has 0 heterocycles. The van der Waals surface area contributed by atoms with Gasteiger partial charge in [0.15, 0.2) is 0 Å². The lowest BCUT2D eigenvalue weighted by molar-refractivity contribution is -0.146. The van der Waals surface area contributed by atoms with E-state index in [4.69, 9.17) is 11.6 Å². The van der Waals surface area contributed by atoms with Gasteiger partial charge in [0.25, 0.3) is 0 Å². The van der Waals surface area contributed by atoms with Crippen molar-refractivity contribution in [3.05, 3.63) is 0 Å². The normalized spacial score (nSPS) is 31.5. The summed E-state index contributed by atoms with van der Waals surface area (Å²) in [7, 11) is 1.44. The van der Waals surface area contributed by atoms with E-state index in [2.05, 4.69) is 4.74 Å². The van der Waals surface area contributed by atoms with Gasteiger partial charge in [-0.25, -0.2) is 0 Å². The summed E-state index contributed by atoms with van der Waals surface area (Å²) < 4.78 is 4.64. The molecule has 2 nitrogen and oxygen atoms in total. The minimum Gasteiger partial charge on any atom is -0.469 e. The average molecular weight is 177 g/mol. The number of rotatable bonds is 1. The molecule has 1 fully saturated rings. The van der Waals surface area contributed by atoms with Crippen molar-refractivity contribution in [1.82, 2.24) is 0 Å². The van der Waals surface area contributed by atoms with E-state index in [1.54, 1.807) is 0 Å². The molecule has 0 spiro atoms. The van der Waals surface area contributed by atoms with Gasteiger partial charge >= 0.3 is 5.97 Å². The first-order valence-electron chi connectivity index (χ1n) is 3.96. The van der Waals surface area contributed by atoms with E-state index in [0.29, 0.717) is 0 Å². The molecule has 1 aliphatic carbocycles. The summed E-state index contributed by atoms with van der Waals surface area (Å²) in [6, 6.07) is 0. The summed E-state index contributed by atoms with van der Waals surface area (Å²) in [5, 5.41) is 0.274. The van der Waals surface area contributed by atoms with E-state index in [-0.39, 0.29) is 17.3 Å². The topological polar surface area (TPSA) is 26.3 Å². The number of hydrogen-bond acceptors (Lipinski definition) is 2. The molecule has 0 bridgehead atoms. The van der Waals surface area contributed by atoms with Crippen molar-refractivity contribution in [3.8, 4) is 0 Å². The lowest BCUT2D eigenvalue weighted by Crippen LogP contribution is -2.22. The second-order valence-corrected chi connectivity index (χ2v) is 3.59. The Hall–Kier alpha value is -0.240. The summed E-state index contributed by atoms with van der Waals surface area (Å²) in [6.07, 6.45) is 3.67. The van der Waals surface area contributed by atoms with E-state index < -0.39 is 0 Å². The van der Waals surface area contributed by atoms with Gasteiger partial charge in [-0.2, -0.15) is 0 Å². The number of hydrogen-bond donors (Lipinski definition) is 0. The fourth-order valence-corrected chi connectivity index (χ4v) is 1.71. The molecule has 1 saturated carbocycles. The van der Waals surface area contributed by atoms with Gasteiger partial charge in [0.1, 0.15) is 0 Å². The molecule has 0 amide bonds. The third-order valence-electron chi connectivity index (χ3n) is 2.19. The molecular formula is C8H13ClO2. The molecule has 1 rings (SSSR count). The molecule has 0 unspecified atom stereocenters. The van der Waals surface area contributed by atoms with E-state index in [1.807, 2.05) is 0 Å². The van der Waals surface area contributed by atoms with Crippen molar-refractivity contribution in [2.75, 3.05) is 7.11 Å². The summed E-state index contributed by atoms with van der Waals surface area (Å²) in [4.78, 5) is 11.0. The Morgan fingerprint density at radius 1 is 1.36 bits per heavy atom. The van der Waals surface area contributed by atoms with Crippen LogP contribution in [0.2, 0.25) is 0 Å². The summed E-state index contributed by atoms with van der Waals surface area (Å²) >= 11 is 5.88. The van der Waals surface area contributed by atoms with Crippen LogP contribution >= 0.6 is 11.6 Å². The molecule has 0 N–H and O–H groups in total. The first-order chi connectivity index (χ1) is 5.24. The summed E-state index contributed by atoms with van der Waals surface area (Å²) in [5.41, 5.74) is 0. The van der Waals surface area contributed by atoms with Crippen LogP contribution in [0.3, 0.4) is 0 Å². The number of ether oxygens (including phenoxy) is 1. The quantitative estimate of drug-likeness (QED) is 0.451. The maximum atomic E-state index is 11.0. The zero-order valence-corrected chi connectivity index (χ0v) is 7.43. The molecule has 64 valence electrons. The van der Waals surface area contributed by atoms with Gasteiger partial charge in [-0.1, -0.05) is 0 Å². The minimum atomic E-state index is -0.0754. The van der Waals surface area contributed by atoms with Crippen LogP contribution < -0.4 is 0 Å². The van der Waals surface area contributed by atoms with Gasteiger partial charge in [0, 0.05) is 5.38 Å². The molecule has 0 aromatic carbocycles. The second kappa shape index (κ2) is 3.96. The van der Waals surface area contributed by atoms with Crippen molar-refractivity contribution in [3.63, 3.8) is 0 Å². The van der Waals surface area contributed by atoms with Crippen molar-refractivity contribution >= 4 is 17.6 Å². The van der Waals surface area contributed by atoms with Gasteiger partial charge in [-0.15, -0.1) is 11.6 Å². The highest BCUT2D eigenvalue weighted by Gasteiger charge is 2.25. The monoisotopic (exact) mass is 176 g/mol. The Kier molecular flexibility index (Phi) is 3.18. The zero-order valence-electron chi connectivity index (χ0n) is 6.68. The molecule has 0 radical (unpaired) electrons. The summed E-state index contributed by atoms with van der Waals surface area (Å²) in [6.45, 7) is 0. The third kappa shape index (κ3) is 2.37. The highest BCUT2D eigenvalue weighted by Crippen LogP contribution is 2.27. The Labute approximate surface area is 71.9 Å². The fraction of sp³-hybridized carbons (Fsp3) is 0.875. The Morgan fingerprint density at radius 3 is 2.36 bits per heavy atom. The Morgan fingerprint density at radius 2 is 1.91 bits per heavy atom. The molecule has 1 aliphatic rings. The number of methoxy groups -OCH3 is 1. The van der Waals surface area contributed by atoms with Crippen molar-refractivity contribution in [2.45, 2.75) is 31.1 Å². The van der Waals surface area contributed by atoms with Crippen LogP contribution in [0.25, 0.3) is 0 Å². The number of carbonyl (C=O) groups excluding carboxylic acids is 1. The van der Waals surface area contributed by atoms with Gasteiger partial charge in [-0.05, 0) is 25.7 Å². The van der Waals surface area contributed by atoms with Gasteiger partial charge in [0.05, 0.1) is 13.0 Å². The van der Waals surface area contributed by atoms with Crippen LogP contribution in [-0.2, 0) is 9.53 Å². The smallest absolute Gasteiger partial charge is 0.308 e. The molecule has 0 aromatic rings. The van der Waals surface area contributed by atoms with Gasteiger partial charge < -0.3 is 4.74 Å². The molecule has 0 aromatic heterocycles. The second-order valence-electron chi connectivity index (χ2n) is 2.97. The number of halogens is 1. The van der Waals surface area contributed by atoms with Gasteiger partial charge in [-0.3, -0.25) is 4.79 Å². The maximum absolute atomic E-state index is 11.0. The van der Waals surface area contributed by atoms with Crippen LogP contribution in [0.15, 0.2) is 0 Å². The molecule has 0 aliphatic heterocycles. The van der Waals surface area contributed by atoms with E-state index in [1.165, 1.54) is 7.11 Å². The SMILES string of the molecule is COC(=O)C1CCC(Cl)CC1.